The molecule has 0 aliphatic carbocycles. The molecule has 1 saturated heterocycles. The van der Waals surface area contributed by atoms with Crippen LogP contribution in [-0.4, -0.2) is 58.5 Å². The second kappa shape index (κ2) is 10.4. The quantitative estimate of drug-likeness (QED) is 0.606. The van der Waals surface area contributed by atoms with Crippen LogP contribution in [0.15, 0.2) is 59.5 Å². The number of sulfonamides is 1. The van der Waals surface area contributed by atoms with Crippen LogP contribution >= 0.6 is 0 Å². The lowest BCUT2D eigenvalue weighted by atomic mass is 9.95. The summed E-state index contributed by atoms with van der Waals surface area (Å²) in [7, 11) is -2.15. The van der Waals surface area contributed by atoms with E-state index in [1.165, 1.54) is 18.2 Å². The lowest BCUT2D eigenvalue weighted by Gasteiger charge is -2.31. The maximum absolute atomic E-state index is 12.9. The molecule has 1 heterocycles. The van der Waals surface area contributed by atoms with Crippen molar-refractivity contribution in [3.05, 3.63) is 60.2 Å². The van der Waals surface area contributed by atoms with E-state index in [4.69, 9.17) is 4.74 Å². The molecule has 2 N–H and O–H groups in total. The van der Waals surface area contributed by atoms with Crippen LogP contribution in [0.2, 0.25) is 0 Å². The minimum atomic E-state index is -3.74. The zero-order chi connectivity index (χ0) is 22.3. The molecule has 9 heteroatoms. The van der Waals surface area contributed by atoms with Crippen molar-refractivity contribution in [2.45, 2.75) is 17.7 Å². The minimum absolute atomic E-state index is 0.0125. The molecule has 0 saturated carbocycles. The Hall–Kier alpha value is -2.91. The third-order valence-corrected chi connectivity index (χ3v) is 6.57. The summed E-state index contributed by atoms with van der Waals surface area (Å²) in [5.41, 5.74) is 0.721. The maximum atomic E-state index is 12.9. The summed E-state index contributed by atoms with van der Waals surface area (Å²) in [6.07, 6.45) is 1.18. The molecule has 0 aromatic heterocycles. The Kier molecular flexibility index (Phi) is 7.64. The molecular weight excluding hydrogens is 418 g/mol. The van der Waals surface area contributed by atoms with Crippen LogP contribution in [0, 0.1) is 5.92 Å². The molecule has 2 amide bonds. The predicted molar refractivity (Wildman–Crippen MR) is 117 cm³/mol. The average molecular weight is 446 g/mol. The normalized spacial score (nSPS) is 14.8. The Bertz CT molecular complexity index is 1000. The highest BCUT2D eigenvalue weighted by Crippen LogP contribution is 2.22. The van der Waals surface area contributed by atoms with Gasteiger partial charge in [-0.2, -0.15) is 0 Å². The van der Waals surface area contributed by atoms with E-state index in [1.807, 2.05) is 0 Å². The summed E-state index contributed by atoms with van der Waals surface area (Å²) in [5.74, 6) is -0.314. The molecule has 1 aliphatic rings. The summed E-state index contributed by atoms with van der Waals surface area (Å²) in [6.45, 7) is 1.88. The van der Waals surface area contributed by atoms with Gasteiger partial charge in [0.25, 0.3) is 15.9 Å². The Morgan fingerprint density at radius 1 is 1.06 bits per heavy atom. The van der Waals surface area contributed by atoms with Crippen molar-refractivity contribution in [3.8, 4) is 0 Å². The van der Waals surface area contributed by atoms with Crippen LogP contribution in [0.25, 0.3) is 0 Å². The molecule has 0 unspecified atom stereocenters. The average Bonchev–Trinajstić information content (AvgIpc) is 2.79. The number of carbonyl (C=O) groups excluding carboxylic acids is 2. The summed E-state index contributed by atoms with van der Waals surface area (Å²) < 4.78 is 32.5. The van der Waals surface area contributed by atoms with Crippen LogP contribution in [-0.2, 0) is 19.6 Å². The van der Waals surface area contributed by atoms with E-state index in [-0.39, 0.29) is 22.6 Å². The van der Waals surface area contributed by atoms with Crippen molar-refractivity contribution >= 4 is 27.5 Å². The van der Waals surface area contributed by atoms with E-state index < -0.39 is 10.0 Å². The number of benzene rings is 2. The van der Waals surface area contributed by atoms with Gasteiger partial charge in [-0.15, -0.1) is 0 Å². The van der Waals surface area contributed by atoms with Gasteiger partial charge in [0, 0.05) is 43.9 Å². The van der Waals surface area contributed by atoms with Gasteiger partial charge in [0.15, 0.2) is 0 Å². The molecule has 8 nitrogen and oxygen atoms in total. The van der Waals surface area contributed by atoms with Crippen LogP contribution in [0.1, 0.15) is 23.2 Å². The van der Waals surface area contributed by atoms with E-state index in [1.54, 1.807) is 48.4 Å². The lowest BCUT2D eigenvalue weighted by Crippen LogP contribution is -2.43. The third-order valence-electron chi connectivity index (χ3n) is 5.17. The highest BCUT2D eigenvalue weighted by Gasteiger charge is 2.28. The van der Waals surface area contributed by atoms with Gasteiger partial charge in [-0.3, -0.25) is 14.3 Å². The molecule has 0 radical (unpaired) electrons. The number of hydrogen-bond acceptors (Lipinski definition) is 5. The fourth-order valence-electron chi connectivity index (χ4n) is 3.48. The largest absolute Gasteiger partial charge is 0.383 e. The number of methoxy groups -OCH3 is 1. The number of likely N-dealkylation sites (tertiary alicyclic amines) is 1. The second-order valence-electron chi connectivity index (χ2n) is 7.35. The highest BCUT2D eigenvalue weighted by molar-refractivity contribution is 7.92. The number of amides is 2. The van der Waals surface area contributed by atoms with E-state index in [9.17, 15) is 18.0 Å². The van der Waals surface area contributed by atoms with Gasteiger partial charge < -0.3 is 15.0 Å². The van der Waals surface area contributed by atoms with Gasteiger partial charge in [0.05, 0.1) is 11.5 Å². The van der Waals surface area contributed by atoms with Crippen molar-refractivity contribution in [3.63, 3.8) is 0 Å². The number of anilines is 1. The standard InChI is InChI=1S/C22H27N3O5S/c1-30-15-12-23-21(26)17-10-13-25(14-11-17)22(27)18-6-5-7-19(16-18)24-31(28,29)20-8-3-2-4-9-20/h2-9,16-17,24H,10-15H2,1H3,(H,23,26). The van der Waals surface area contributed by atoms with Crippen LogP contribution < -0.4 is 10.0 Å². The Balaban J connectivity index is 1.60. The molecule has 1 aliphatic heterocycles. The van der Waals surface area contributed by atoms with Crippen molar-refractivity contribution in [2.75, 3.05) is 38.1 Å². The van der Waals surface area contributed by atoms with Gasteiger partial charge in [-0.1, -0.05) is 24.3 Å². The van der Waals surface area contributed by atoms with Crippen molar-refractivity contribution < 1.29 is 22.7 Å². The lowest BCUT2D eigenvalue weighted by molar-refractivity contribution is -0.126. The molecule has 2 aromatic rings. The summed E-state index contributed by atoms with van der Waals surface area (Å²) in [5, 5.41) is 2.84. The number of piperidine rings is 1. The Labute approximate surface area is 182 Å². The zero-order valence-corrected chi connectivity index (χ0v) is 18.2. The smallest absolute Gasteiger partial charge is 0.261 e. The predicted octanol–water partition coefficient (Wildman–Crippen LogP) is 2.10. The molecular formula is C22H27N3O5S. The summed E-state index contributed by atoms with van der Waals surface area (Å²) >= 11 is 0. The van der Waals surface area contributed by atoms with E-state index in [2.05, 4.69) is 10.0 Å². The monoisotopic (exact) mass is 445 g/mol. The zero-order valence-electron chi connectivity index (χ0n) is 17.4. The Morgan fingerprint density at radius 2 is 1.77 bits per heavy atom. The second-order valence-corrected chi connectivity index (χ2v) is 9.03. The third kappa shape index (κ3) is 6.05. The molecule has 0 atom stereocenters. The maximum Gasteiger partial charge on any atom is 0.261 e. The highest BCUT2D eigenvalue weighted by atomic mass is 32.2. The number of rotatable bonds is 8. The number of nitrogens with one attached hydrogen (secondary N) is 2. The van der Waals surface area contributed by atoms with Gasteiger partial charge in [-0.25, -0.2) is 8.42 Å². The van der Waals surface area contributed by atoms with E-state index >= 15 is 0 Å². The van der Waals surface area contributed by atoms with Crippen molar-refractivity contribution in [1.29, 1.82) is 0 Å². The summed E-state index contributed by atoms with van der Waals surface area (Å²) in [6, 6.07) is 14.5. The molecule has 0 bridgehead atoms. The number of ether oxygens (including phenoxy) is 1. The number of nitrogens with zero attached hydrogens (tertiary/aromatic N) is 1. The fourth-order valence-corrected chi connectivity index (χ4v) is 4.55. The SMILES string of the molecule is COCCNC(=O)C1CCN(C(=O)c2cccc(NS(=O)(=O)c3ccccc3)c2)CC1. The van der Waals surface area contributed by atoms with Gasteiger partial charge in [0.2, 0.25) is 5.91 Å². The number of hydrogen-bond donors (Lipinski definition) is 2. The fraction of sp³-hybridized carbons (Fsp3) is 0.364. The molecule has 166 valence electrons. The topological polar surface area (TPSA) is 105 Å². The molecule has 2 aromatic carbocycles. The first-order chi connectivity index (χ1) is 14.9. The molecule has 31 heavy (non-hydrogen) atoms. The molecule has 0 spiro atoms. The van der Waals surface area contributed by atoms with Gasteiger partial charge >= 0.3 is 0 Å². The van der Waals surface area contributed by atoms with Crippen LogP contribution in [0.3, 0.4) is 0 Å². The molecule has 3 rings (SSSR count). The first-order valence-electron chi connectivity index (χ1n) is 10.1. The van der Waals surface area contributed by atoms with E-state index in [0.29, 0.717) is 50.3 Å². The first kappa shape index (κ1) is 22.8. The Morgan fingerprint density at radius 3 is 2.45 bits per heavy atom. The number of carbonyl (C=O) groups is 2. The van der Waals surface area contributed by atoms with Crippen molar-refractivity contribution in [1.82, 2.24) is 10.2 Å². The van der Waals surface area contributed by atoms with E-state index in [0.717, 1.165) is 0 Å². The van der Waals surface area contributed by atoms with Crippen LogP contribution in [0.5, 0.6) is 0 Å². The minimum Gasteiger partial charge on any atom is -0.383 e. The van der Waals surface area contributed by atoms with Crippen molar-refractivity contribution in [2.24, 2.45) is 5.92 Å². The summed E-state index contributed by atoms with van der Waals surface area (Å²) in [4.78, 5) is 26.9. The first-order valence-corrected chi connectivity index (χ1v) is 11.6. The molecule has 1 fully saturated rings. The van der Waals surface area contributed by atoms with Gasteiger partial charge in [-0.05, 0) is 43.2 Å². The van der Waals surface area contributed by atoms with Gasteiger partial charge in [0.1, 0.15) is 0 Å². The van der Waals surface area contributed by atoms with Crippen LogP contribution in [0.4, 0.5) is 5.69 Å².